The number of amides is 1. The maximum Gasteiger partial charge on any atom is 0.286 e. The van der Waals surface area contributed by atoms with Gasteiger partial charge in [-0.05, 0) is 48.2 Å². The second kappa shape index (κ2) is 7.81. The first-order chi connectivity index (χ1) is 14.0. The second-order valence-electron chi connectivity index (χ2n) is 6.52. The quantitative estimate of drug-likeness (QED) is 0.621. The molecule has 0 saturated heterocycles. The third kappa shape index (κ3) is 3.81. The number of benzene rings is 2. The Morgan fingerprint density at radius 2 is 1.90 bits per heavy atom. The summed E-state index contributed by atoms with van der Waals surface area (Å²) in [6, 6.07) is 17.9. The highest BCUT2D eigenvalue weighted by Crippen LogP contribution is 2.39. The van der Waals surface area contributed by atoms with Crippen LogP contribution in [-0.2, 0) is 10.0 Å². The van der Waals surface area contributed by atoms with Crippen molar-refractivity contribution in [2.45, 2.75) is 24.7 Å². The monoisotopic (exact) mass is 425 g/mol. The predicted octanol–water partition coefficient (Wildman–Crippen LogP) is 5.04. The number of fused-ring (bicyclic) bond motifs is 1. The molecule has 148 valence electrons. The summed E-state index contributed by atoms with van der Waals surface area (Å²) in [4.78, 5) is 14.8. The number of para-hydroxylation sites is 1. The van der Waals surface area contributed by atoms with Crippen molar-refractivity contribution in [2.75, 3.05) is 10.2 Å². The lowest BCUT2D eigenvalue weighted by Crippen LogP contribution is -2.31. The van der Waals surface area contributed by atoms with E-state index in [-0.39, 0.29) is 10.8 Å². The Morgan fingerprint density at radius 3 is 2.59 bits per heavy atom. The first kappa shape index (κ1) is 19.4. The highest BCUT2D eigenvalue weighted by molar-refractivity contribution is 7.90. The van der Waals surface area contributed by atoms with Crippen molar-refractivity contribution in [1.29, 1.82) is 0 Å². The van der Waals surface area contributed by atoms with Crippen LogP contribution in [0.1, 0.15) is 29.4 Å². The van der Waals surface area contributed by atoms with Crippen molar-refractivity contribution in [2.24, 2.45) is 4.40 Å². The lowest BCUT2D eigenvalue weighted by Gasteiger charge is -2.31. The van der Waals surface area contributed by atoms with E-state index in [1.54, 1.807) is 24.3 Å². The van der Waals surface area contributed by atoms with Crippen LogP contribution < -0.4 is 10.2 Å². The van der Waals surface area contributed by atoms with Crippen LogP contribution in [0.4, 0.5) is 17.1 Å². The molecule has 2 aromatic carbocycles. The van der Waals surface area contributed by atoms with E-state index in [0.717, 1.165) is 12.1 Å². The van der Waals surface area contributed by atoms with E-state index in [4.69, 9.17) is 0 Å². The maximum atomic E-state index is 12.9. The molecule has 0 unspecified atom stereocenters. The molecule has 1 amide bonds. The Balaban J connectivity index is 1.78. The van der Waals surface area contributed by atoms with Gasteiger partial charge in [0, 0.05) is 17.8 Å². The second-order valence-corrected chi connectivity index (χ2v) is 9.04. The van der Waals surface area contributed by atoms with E-state index >= 15 is 0 Å². The van der Waals surface area contributed by atoms with Crippen molar-refractivity contribution in [3.05, 3.63) is 70.9 Å². The maximum absolute atomic E-state index is 12.9. The fraction of sp³-hybridized carbons (Fsp3) is 0.143. The van der Waals surface area contributed by atoms with Gasteiger partial charge in [0.2, 0.25) is 0 Å². The molecule has 29 heavy (non-hydrogen) atoms. The zero-order valence-electron chi connectivity index (χ0n) is 15.7. The van der Waals surface area contributed by atoms with Gasteiger partial charge in [-0.1, -0.05) is 31.2 Å². The van der Waals surface area contributed by atoms with Gasteiger partial charge in [-0.3, -0.25) is 9.69 Å². The van der Waals surface area contributed by atoms with Crippen LogP contribution in [0.25, 0.3) is 0 Å². The number of carbonyl (C=O) groups is 1. The molecule has 1 N–H and O–H groups in total. The topological polar surface area (TPSA) is 78.8 Å². The van der Waals surface area contributed by atoms with Gasteiger partial charge in [0.1, 0.15) is 10.7 Å². The highest BCUT2D eigenvalue weighted by atomic mass is 32.2. The molecule has 4 rings (SSSR count). The molecule has 0 fully saturated rings. The van der Waals surface area contributed by atoms with Gasteiger partial charge < -0.3 is 5.32 Å². The normalized spacial score (nSPS) is 14.8. The van der Waals surface area contributed by atoms with E-state index in [1.807, 2.05) is 47.5 Å². The lowest BCUT2D eigenvalue weighted by atomic mass is 10.2. The van der Waals surface area contributed by atoms with Gasteiger partial charge in [0.05, 0.1) is 10.6 Å². The Bertz CT molecular complexity index is 1170. The summed E-state index contributed by atoms with van der Waals surface area (Å²) >= 11 is 1.32. The lowest BCUT2D eigenvalue weighted by molar-refractivity contribution is 0.103. The van der Waals surface area contributed by atoms with Crippen LogP contribution in [0.15, 0.2) is 75.3 Å². The third-order valence-corrected chi connectivity index (χ3v) is 6.66. The average Bonchev–Trinajstić information content (AvgIpc) is 3.24. The molecule has 6 nitrogen and oxygen atoms in total. The minimum absolute atomic E-state index is 0.0742. The van der Waals surface area contributed by atoms with Gasteiger partial charge in [-0.15, -0.1) is 15.7 Å². The molecule has 1 aromatic heterocycles. The van der Waals surface area contributed by atoms with Gasteiger partial charge in [0.25, 0.3) is 15.9 Å². The molecule has 0 radical (unpaired) electrons. The fourth-order valence-corrected chi connectivity index (χ4v) is 5.06. The highest BCUT2D eigenvalue weighted by Gasteiger charge is 2.31. The van der Waals surface area contributed by atoms with E-state index in [9.17, 15) is 13.2 Å². The summed E-state index contributed by atoms with van der Waals surface area (Å²) in [6.07, 6.45) is 1.30. The van der Waals surface area contributed by atoms with Gasteiger partial charge in [0.15, 0.2) is 0 Å². The molecule has 0 spiro atoms. The number of nitrogens with one attached hydrogen (secondary N) is 1. The van der Waals surface area contributed by atoms with Crippen LogP contribution in [0, 0.1) is 0 Å². The first-order valence-corrected chi connectivity index (χ1v) is 11.5. The van der Waals surface area contributed by atoms with Gasteiger partial charge in [-0.2, -0.15) is 8.42 Å². The smallest absolute Gasteiger partial charge is 0.286 e. The molecule has 2 heterocycles. The predicted molar refractivity (Wildman–Crippen MR) is 117 cm³/mol. The summed E-state index contributed by atoms with van der Waals surface area (Å²) in [5.74, 6) is 0.213. The Kier molecular flexibility index (Phi) is 5.21. The molecular weight excluding hydrogens is 406 g/mol. The number of nitrogens with zero attached hydrogens (tertiary/aromatic N) is 2. The zero-order valence-corrected chi connectivity index (χ0v) is 17.3. The van der Waals surface area contributed by atoms with Crippen molar-refractivity contribution in [3.8, 4) is 0 Å². The van der Waals surface area contributed by atoms with Crippen molar-refractivity contribution in [3.63, 3.8) is 0 Å². The van der Waals surface area contributed by atoms with Crippen LogP contribution in [0.3, 0.4) is 0 Å². The minimum atomic E-state index is -3.87. The molecule has 3 aromatic rings. The standard InChI is InChI=1S/C21H19N3O3S2/c1-2-7-20-23-29(26,27)19-14-15(22-21(25)18-10-6-13-28-18)11-12-17(19)24(20)16-8-4-3-5-9-16/h3-6,8-14H,2,7H2,1H3,(H,22,25). The Hall–Kier alpha value is -2.97. The summed E-state index contributed by atoms with van der Waals surface area (Å²) in [7, 11) is -3.87. The summed E-state index contributed by atoms with van der Waals surface area (Å²) < 4.78 is 29.8. The largest absolute Gasteiger partial charge is 0.321 e. The van der Waals surface area contributed by atoms with Crippen molar-refractivity contribution >= 4 is 50.2 Å². The van der Waals surface area contributed by atoms with E-state index in [1.165, 1.54) is 17.4 Å². The number of sulfonamides is 1. The molecule has 0 saturated carbocycles. The number of carbonyl (C=O) groups excluding carboxylic acids is 1. The summed E-state index contributed by atoms with van der Waals surface area (Å²) in [5, 5.41) is 4.58. The summed E-state index contributed by atoms with van der Waals surface area (Å²) in [6.45, 7) is 1.98. The number of anilines is 3. The number of rotatable bonds is 5. The Morgan fingerprint density at radius 1 is 1.10 bits per heavy atom. The first-order valence-electron chi connectivity index (χ1n) is 9.17. The van der Waals surface area contributed by atoms with E-state index < -0.39 is 10.0 Å². The van der Waals surface area contributed by atoms with Gasteiger partial charge in [-0.25, -0.2) is 0 Å². The molecular formula is C21H19N3O3S2. The molecule has 0 atom stereocenters. The van der Waals surface area contributed by atoms with Gasteiger partial charge >= 0.3 is 0 Å². The van der Waals surface area contributed by atoms with Crippen molar-refractivity contribution in [1.82, 2.24) is 0 Å². The SMILES string of the molecule is CCCC1=NS(=O)(=O)c2cc(NC(=O)c3cccs3)ccc2N1c1ccccc1. The number of amidine groups is 1. The minimum Gasteiger partial charge on any atom is -0.321 e. The molecule has 0 bridgehead atoms. The molecule has 0 aliphatic carbocycles. The van der Waals surface area contributed by atoms with Crippen LogP contribution in [0.2, 0.25) is 0 Å². The van der Waals surface area contributed by atoms with Crippen molar-refractivity contribution < 1.29 is 13.2 Å². The molecule has 1 aliphatic heterocycles. The van der Waals surface area contributed by atoms with Crippen LogP contribution in [0.5, 0.6) is 0 Å². The molecule has 1 aliphatic rings. The van der Waals surface area contributed by atoms with E-state index in [2.05, 4.69) is 9.71 Å². The number of hydrogen-bond acceptors (Lipinski definition) is 5. The number of thiophene rings is 1. The zero-order chi connectivity index (χ0) is 20.4. The Labute approximate surface area is 173 Å². The number of hydrogen-bond donors (Lipinski definition) is 1. The average molecular weight is 426 g/mol. The third-order valence-electron chi connectivity index (χ3n) is 4.45. The van der Waals surface area contributed by atoms with Crippen LogP contribution in [-0.4, -0.2) is 20.2 Å². The van der Waals surface area contributed by atoms with Crippen LogP contribution >= 0.6 is 11.3 Å². The summed E-state index contributed by atoms with van der Waals surface area (Å²) in [5.41, 5.74) is 1.78. The molecule has 8 heteroatoms. The fourth-order valence-electron chi connectivity index (χ4n) is 3.20. The van der Waals surface area contributed by atoms with E-state index in [0.29, 0.717) is 28.5 Å².